The van der Waals surface area contributed by atoms with Crippen molar-refractivity contribution >= 4 is 102 Å². The van der Waals surface area contributed by atoms with Crippen molar-refractivity contribution in [2.24, 2.45) is 7.05 Å². The van der Waals surface area contributed by atoms with Crippen molar-refractivity contribution in [1.29, 1.82) is 0 Å². The molecule has 0 fully saturated rings. The summed E-state index contributed by atoms with van der Waals surface area (Å²) in [5.41, 5.74) is 21.0. The SMILES string of the molecule is CN1c2ccccc2C(C)(C)c2ccccc21.CN1c2ccccc2N(c2ccccc2)c2ccccc21.CN1c2ccccc2Oc2ccccc21.CN1c2ccccc2Sc2ccccc21.Cn1c2ccccc2n2c3ccccc3nc12. The van der Waals surface area contributed by atoms with Crippen LogP contribution in [-0.2, 0) is 12.5 Å². The first-order chi connectivity index (χ1) is 41.6. The molecule has 13 aromatic rings. The van der Waals surface area contributed by atoms with Gasteiger partial charge in [0.15, 0.2) is 11.5 Å². The molecule has 10 heteroatoms. The van der Waals surface area contributed by atoms with E-state index in [2.05, 4.69) is 318 Å². The molecule has 9 nitrogen and oxygen atoms in total. The highest BCUT2D eigenvalue weighted by atomic mass is 32.2. The van der Waals surface area contributed by atoms with Crippen molar-refractivity contribution in [3.63, 3.8) is 0 Å². The average Bonchev–Trinajstić information content (AvgIpc) is 2.47. The maximum atomic E-state index is 5.81. The molecule has 11 aromatic carbocycles. The van der Waals surface area contributed by atoms with Gasteiger partial charge in [-0.3, -0.25) is 4.40 Å². The molecule has 0 unspecified atom stereocenters. The number of nitrogens with zero attached hydrogens (tertiary/aromatic N) is 8. The first kappa shape index (κ1) is 54.1. The van der Waals surface area contributed by atoms with E-state index in [1.807, 2.05) is 54.2 Å². The van der Waals surface area contributed by atoms with Gasteiger partial charge < -0.3 is 33.8 Å². The smallest absolute Gasteiger partial charge is 0.215 e. The third-order valence-corrected chi connectivity index (χ3v) is 17.7. The van der Waals surface area contributed by atoms with Gasteiger partial charge in [0.25, 0.3) is 0 Å². The van der Waals surface area contributed by atoms with Crippen molar-refractivity contribution in [2.45, 2.75) is 29.1 Å². The summed E-state index contributed by atoms with van der Waals surface area (Å²) in [4.78, 5) is 18.6. The summed E-state index contributed by atoms with van der Waals surface area (Å²) in [6, 6.07) is 94.7. The van der Waals surface area contributed by atoms with Gasteiger partial charge in [0.05, 0.1) is 67.6 Å². The first-order valence-corrected chi connectivity index (χ1v) is 29.6. The molecule has 0 amide bonds. The van der Waals surface area contributed by atoms with Crippen LogP contribution in [0.4, 0.5) is 62.6 Å². The second-order valence-electron chi connectivity index (χ2n) is 21.9. The van der Waals surface area contributed by atoms with E-state index in [-0.39, 0.29) is 5.41 Å². The van der Waals surface area contributed by atoms with E-state index >= 15 is 0 Å². The number of aryl methyl sites for hydroxylation is 1. The van der Waals surface area contributed by atoms with Crippen LogP contribution in [-0.4, -0.2) is 42.1 Å². The Morgan fingerprint density at radius 3 is 1.24 bits per heavy atom. The number of ether oxygens (including phenoxy) is 1. The summed E-state index contributed by atoms with van der Waals surface area (Å²) in [6.45, 7) is 4.61. The highest BCUT2D eigenvalue weighted by Crippen LogP contribution is 2.52. The second-order valence-corrected chi connectivity index (χ2v) is 23.0. The molecular formula is C75H66N8OS. The quantitative estimate of drug-likeness (QED) is 0.161. The van der Waals surface area contributed by atoms with Crippen molar-refractivity contribution in [2.75, 3.05) is 52.7 Å². The molecule has 0 aliphatic carbocycles. The van der Waals surface area contributed by atoms with E-state index in [4.69, 9.17) is 4.74 Å². The van der Waals surface area contributed by atoms with Gasteiger partial charge in [0.1, 0.15) is 0 Å². The highest BCUT2D eigenvalue weighted by molar-refractivity contribution is 7.99. The number of imidazole rings is 2. The molecule has 4 aliphatic heterocycles. The van der Waals surface area contributed by atoms with Gasteiger partial charge in [0.2, 0.25) is 5.78 Å². The molecule has 2 aromatic heterocycles. The molecule has 0 bridgehead atoms. The van der Waals surface area contributed by atoms with E-state index in [0.29, 0.717) is 0 Å². The lowest BCUT2D eigenvalue weighted by Crippen LogP contribution is -2.30. The van der Waals surface area contributed by atoms with Crippen LogP contribution in [0, 0.1) is 0 Å². The van der Waals surface area contributed by atoms with E-state index in [1.54, 1.807) is 0 Å². The Hall–Kier alpha value is -10.2. The predicted octanol–water partition coefficient (Wildman–Crippen LogP) is 19.8. The van der Waals surface area contributed by atoms with Gasteiger partial charge in [-0.05, 0) is 132 Å². The Bertz CT molecular complexity index is 4270. The van der Waals surface area contributed by atoms with E-state index in [9.17, 15) is 0 Å². The minimum absolute atomic E-state index is 0.0830. The maximum absolute atomic E-state index is 5.81. The molecular weight excluding hydrogens is 1060 g/mol. The molecule has 0 saturated heterocycles. The van der Waals surface area contributed by atoms with E-state index in [0.717, 1.165) is 34.2 Å². The number of benzene rings is 11. The van der Waals surface area contributed by atoms with E-state index in [1.165, 1.54) is 88.7 Å². The normalized spacial score (nSPS) is 13.4. The number of rotatable bonds is 1. The number of fused-ring (bicyclic) bond motifs is 13. The van der Waals surface area contributed by atoms with Crippen LogP contribution >= 0.6 is 11.8 Å². The lowest BCUT2D eigenvalue weighted by atomic mass is 9.74. The third-order valence-electron chi connectivity index (χ3n) is 16.5. The third kappa shape index (κ3) is 9.94. The van der Waals surface area contributed by atoms with Crippen LogP contribution < -0.4 is 29.2 Å². The number of hydrogen-bond acceptors (Lipinski definition) is 8. The fourth-order valence-electron chi connectivity index (χ4n) is 12.2. The van der Waals surface area contributed by atoms with Crippen LogP contribution in [0.2, 0.25) is 0 Å². The lowest BCUT2D eigenvalue weighted by Gasteiger charge is -2.40. The topological polar surface area (TPSA) is 47.7 Å². The molecule has 6 heterocycles. The zero-order valence-corrected chi connectivity index (χ0v) is 49.7. The Kier molecular flexibility index (Phi) is 14.6. The Morgan fingerprint density at radius 2 is 0.694 bits per heavy atom. The van der Waals surface area contributed by atoms with Crippen LogP contribution in [0.5, 0.6) is 11.5 Å². The van der Waals surface area contributed by atoms with E-state index < -0.39 is 0 Å². The number of hydrogen-bond donors (Lipinski definition) is 0. The number of para-hydroxylation sites is 17. The van der Waals surface area contributed by atoms with Crippen molar-refractivity contribution in [3.05, 3.63) is 284 Å². The van der Waals surface area contributed by atoms with Gasteiger partial charge >= 0.3 is 0 Å². The standard InChI is InChI=1S/C19H16N2.C16H17N.C14H11N3.C13H11NO.C13H11NS/c1-20-16-11-5-7-13-18(16)21(15-9-3-2-4-10-15)19-14-8-6-12-17(19)20;1-16(2)12-8-4-6-10-14(12)17(3)15-11-7-5-9-13(15)16;1-16-12-8-4-5-9-13(12)17-11-7-3-2-6-10(11)15-14(16)17;2*1-14-10-6-2-4-8-12(10)15-13-9-5-3-7-11(13)14/h2-14H,1H3;4-11H,1-3H3;2-9H,1H3;2*2-9H,1H3. The Labute approximate surface area is 502 Å². The molecule has 418 valence electrons. The maximum Gasteiger partial charge on any atom is 0.215 e. The average molecular weight is 1130 g/mol. The molecule has 85 heavy (non-hydrogen) atoms. The summed E-state index contributed by atoms with van der Waals surface area (Å²) in [7, 11) is 10.5. The fraction of sp³-hybridized carbons (Fsp3) is 0.107. The lowest BCUT2D eigenvalue weighted by molar-refractivity contribution is 0.475. The summed E-state index contributed by atoms with van der Waals surface area (Å²) in [6.07, 6.45) is 0. The monoisotopic (exact) mass is 1130 g/mol. The van der Waals surface area contributed by atoms with Crippen molar-refractivity contribution < 1.29 is 4.74 Å². The van der Waals surface area contributed by atoms with Crippen molar-refractivity contribution in [3.8, 4) is 11.5 Å². The molecule has 0 radical (unpaired) electrons. The molecule has 0 N–H and O–H groups in total. The highest BCUT2D eigenvalue weighted by Gasteiger charge is 2.34. The van der Waals surface area contributed by atoms with Crippen LogP contribution in [0.25, 0.3) is 27.8 Å². The zero-order chi connectivity index (χ0) is 58.2. The molecule has 0 atom stereocenters. The minimum Gasteiger partial charge on any atom is -0.453 e. The van der Waals surface area contributed by atoms with Crippen molar-refractivity contribution in [1.82, 2.24) is 14.0 Å². The predicted molar refractivity (Wildman–Crippen MR) is 358 cm³/mol. The van der Waals surface area contributed by atoms with Crippen LogP contribution in [0.3, 0.4) is 0 Å². The van der Waals surface area contributed by atoms with Crippen LogP contribution in [0.1, 0.15) is 25.0 Å². The largest absolute Gasteiger partial charge is 0.453 e. The molecule has 17 rings (SSSR count). The summed E-state index contributed by atoms with van der Waals surface area (Å²) < 4.78 is 10.2. The molecule has 4 aliphatic rings. The van der Waals surface area contributed by atoms with Crippen LogP contribution in [0.15, 0.2) is 283 Å². The Balaban J connectivity index is 0.0000000994. The molecule has 0 spiro atoms. The fourth-order valence-corrected chi connectivity index (χ4v) is 13.3. The minimum atomic E-state index is 0.0830. The Morgan fingerprint density at radius 1 is 0.329 bits per heavy atom. The second kappa shape index (κ2) is 22.9. The zero-order valence-electron chi connectivity index (χ0n) is 48.9. The number of anilines is 11. The summed E-state index contributed by atoms with van der Waals surface area (Å²) in [5, 5.41) is 0. The van der Waals surface area contributed by atoms with Gasteiger partial charge in [0, 0.05) is 67.5 Å². The van der Waals surface area contributed by atoms with Gasteiger partial charge in [-0.25, -0.2) is 4.98 Å². The van der Waals surface area contributed by atoms with Gasteiger partial charge in [-0.15, -0.1) is 0 Å². The number of aromatic nitrogens is 3. The van der Waals surface area contributed by atoms with Gasteiger partial charge in [-0.1, -0.05) is 177 Å². The first-order valence-electron chi connectivity index (χ1n) is 28.8. The summed E-state index contributed by atoms with van der Waals surface area (Å²) in [5.74, 6) is 2.82. The summed E-state index contributed by atoms with van der Waals surface area (Å²) >= 11 is 1.84. The van der Waals surface area contributed by atoms with Gasteiger partial charge in [-0.2, -0.15) is 0 Å². The molecule has 0 saturated carbocycles.